The van der Waals surface area contributed by atoms with Gasteiger partial charge in [0.1, 0.15) is 5.66 Å². The van der Waals surface area contributed by atoms with E-state index in [1.807, 2.05) is 44.2 Å². The molecule has 7 nitrogen and oxygen atoms in total. The van der Waals surface area contributed by atoms with E-state index in [9.17, 15) is 9.90 Å². The first-order chi connectivity index (χ1) is 11.4. The molecule has 0 aliphatic carbocycles. The van der Waals surface area contributed by atoms with Crippen molar-refractivity contribution in [3.05, 3.63) is 47.4 Å². The number of aliphatic hydroxyl groups is 1. The third kappa shape index (κ3) is 3.13. The third-order valence-electron chi connectivity index (χ3n) is 3.87. The van der Waals surface area contributed by atoms with Crippen LogP contribution in [0.25, 0.3) is 0 Å². The molecule has 3 rings (SSSR count). The zero-order valence-electron chi connectivity index (χ0n) is 13.8. The minimum absolute atomic E-state index is 0.0412. The van der Waals surface area contributed by atoms with Crippen LogP contribution in [0.4, 0.5) is 0 Å². The number of morpholine rings is 1. The van der Waals surface area contributed by atoms with Crippen molar-refractivity contribution in [2.24, 2.45) is 10.7 Å². The van der Waals surface area contributed by atoms with Crippen LogP contribution in [0.1, 0.15) is 25.8 Å². The van der Waals surface area contributed by atoms with Gasteiger partial charge in [-0.25, -0.2) is 4.99 Å². The molecular formula is C17H22N4O3. The first kappa shape index (κ1) is 16.5. The van der Waals surface area contributed by atoms with Crippen molar-refractivity contribution in [3.8, 4) is 0 Å². The number of nitrogens with one attached hydrogen (secondary N) is 1. The highest BCUT2D eigenvalue weighted by Crippen LogP contribution is 2.28. The molecule has 0 bridgehead atoms. The summed E-state index contributed by atoms with van der Waals surface area (Å²) in [5.41, 5.74) is 6.93. The predicted octanol–water partition coefficient (Wildman–Crippen LogP) is 0.662. The lowest BCUT2D eigenvalue weighted by Crippen LogP contribution is -2.57. The van der Waals surface area contributed by atoms with E-state index >= 15 is 0 Å². The lowest BCUT2D eigenvalue weighted by Gasteiger charge is -2.40. The molecule has 7 heteroatoms. The van der Waals surface area contributed by atoms with Crippen LogP contribution in [0, 0.1) is 0 Å². The maximum atomic E-state index is 12.6. The fourth-order valence-corrected chi connectivity index (χ4v) is 2.85. The zero-order valence-corrected chi connectivity index (χ0v) is 13.8. The summed E-state index contributed by atoms with van der Waals surface area (Å²) in [6.07, 6.45) is -0.711. The number of hydrogen-bond acceptors (Lipinski definition) is 6. The maximum Gasteiger partial charge on any atom is 0.284 e. The molecule has 24 heavy (non-hydrogen) atoms. The highest BCUT2D eigenvalue weighted by molar-refractivity contribution is 6.10. The number of nitrogens with two attached hydrogens (primary N) is 1. The molecule has 128 valence electrons. The smallest absolute Gasteiger partial charge is 0.284 e. The second-order valence-electron chi connectivity index (χ2n) is 6.35. The van der Waals surface area contributed by atoms with E-state index < -0.39 is 11.9 Å². The molecule has 2 aliphatic heterocycles. The summed E-state index contributed by atoms with van der Waals surface area (Å²) in [6.45, 7) is 4.11. The number of ether oxygens (including phenoxy) is 1. The van der Waals surface area contributed by atoms with Gasteiger partial charge < -0.3 is 15.2 Å². The number of rotatable bonds is 4. The third-order valence-corrected chi connectivity index (χ3v) is 3.87. The number of aliphatic imine (C=N–C) groups is 1. The number of carbonyl (C=O) groups excluding carboxylic acids is 1. The van der Waals surface area contributed by atoms with Crippen LogP contribution in [-0.4, -0.2) is 40.2 Å². The first-order valence-electron chi connectivity index (χ1n) is 7.91. The van der Waals surface area contributed by atoms with E-state index in [0.29, 0.717) is 30.3 Å². The Morgan fingerprint density at radius 3 is 2.75 bits per heavy atom. The Morgan fingerprint density at radius 1 is 1.38 bits per heavy atom. The van der Waals surface area contributed by atoms with Crippen LogP contribution >= 0.6 is 0 Å². The minimum Gasteiger partial charge on any atom is -0.460 e. The molecule has 1 aromatic carbocycles. The Hall–Kier alpha value is -2.38. The van der Waals surface area contributed by atoms with Crippen molar-refractivity contribution in [1.82, 2.24) is 10.2 Å². The molecule has 1 fully saturated rings. The number of amides is 1. The Bertz CT molecular complexity index is 697. The monoisotopic (exact) mass is 330 g/mol. The minimum atomic E-state index is -1.08. The fourth-order valence-electron chi connectivity index (χ4n) is 2.85. The molecule has 0 saturated carbocycles. The van der Waals surface area contributed by atoms with Crippen LogP contribution in [0.5, 0.6) is 0 Å². The number of nitrogens with zero attached hydrogens (tertiary/aromatic N) is 2. The van der Waals surface area contributed by atoms with E-state index in [2.05, 4.69) is 10.3 Å². The molecule has 1 amide bonds. The Balaban J connectivity index is 2.02. The molecule has 2 heterocycles. The summed E-state index contributed by atoms with van der Waals surface area (Å²) in [5, 5.41) is 12.5. The molecule has 1 unspecified atom stereocenters. The van der Waals surface area contributed by atoms with Gasteiger partial charge >= 0.3 is 0 Å². The van der Waals surface area contributed by atoms with Crippen molar-refractivity contribution >= 4 is 11.7 Å². The maximum absolute atomic E-state index is 12.6. The van der Waals surface area contributed by atoms with Gasteiger partial charge in [0.05, 0.1) is 12.2 Å². The first-order valence-corrected chi connectivity index (χ1v) is 7.91. The highest BCUT2D eigenvalue weighted by atomic mass is 16.5. The topological polar surface area (TPSA) is 100 Å². The number of benzene rings is 1. The lowest BCUT2D eigenvalue weighted by molar-refractivity contribution is -0.140. The van der Waals surface area contributed by atoms with E-state index in [1.54, 1.807) is 4.90 Å². The summed E-state index contributed by atoms with van der Waals surface area (Å²) in [6, 6.07) is 9.65. The number of amidine groups is 1. The largest absolute Gasteiger partial charge is 0.460 e. The van der Waals surface area contributed by atoms with Crippen molar-refractivity contribution < 1.29 is 14.6 Å². The normalized spacial score (nSPS) is 22.5. The summed E-state index contributed by atoms with van der Waals surface area (Å²) >= 11 is 0. The zero-order chi connectivity index (χ0) is 17.3. The summed E-state index contributed by atoms with van der Waals surface area (Å²) in [4.78, 5) is 18.7. The van der Waals surface area contributed by atoms with E-state index in [4.69, 9.17) is 10.5 Å². The molecule has 2 aliphatic rings. The molecular weight excluding hydrogens is 308 g/mol. The highest BCUT2D eigenvalue weighted by Gasteiger charge is 2.41. The van der Waals surface area contributed by atoms with Gasteiger partial charge in [-0.2, -0.15) is 0 Å². The van der Waals surface area contributed by atoms with Gasteiger partial charge in [-0.1, -0.05) is 30.3 Å². The van der Waals surface area contributed by atoms with Crippen molar-refractivity contribution in [2.45, 2.75) is 38.7 Å². The Morgan fingerprint density at radius 2 is 2.08 bits per heavy atom. The molecule has 0 radical (unpaired) electrons. The van der Waals surface area contributed by atoms with Crippen molar-refractivity contribution in [1.29, 1.82) is 0 Å². The summed E-state index contributed by atoms with van der Waals surface area (Å²) < 4.78 is 5.59. The van der Waals surface area contributed by atoms with Crippen LogP contribution in [-0.2, 0) is 16.1 Å². The molecule has 0 aromatic heterocycles. The Kier molecular flexibility index (Phi) is 4.29. The summed E-state index contributed by atoms with van der Waals surface area (Å²) in [5.74, 6) is 0.562. The van der Waals surface area contributed by atoms with Gasteiger partial charge in [-0.3, -0.25) is 15.4 Å². The number of aliphatic hydroxyl groups excluding tert-OH is 1. The van der Waals surface area contributed by atoms with Gasteiger partial charge in [0, 0.05) is 13.0 Å². The van der Waals surface area contributed by atoms with E-state index in [0.717, 1.165) is 5.56 Å². The van der Waals surface area contributed by atoms with E-state index in [-0.39, 0.29) is 12.5 Å². The van der Waals surface area contributed by atoms with Crippen LogP contribution < -0.4 is 11.1 Å². The van der Waals surface area contributed by atoms with Crippen LogP contribution in [0.3, 0.4) is 0 Å². The molecule has 4 N–H and O–H groups in total. The summed E-state index contributed by atoms with van der Waals surface area (Å²) in [7, 11) is 0. The molecule has 1 saturated heterocycles. The lowest BCUT2D eigenvalue weighted by atomic mass is 10.1. The van der Waals surface area contributed by atoms with Gasteiger partial charge in [0.2, 0.25) is 6.23 Å². The molecule has 1 aromatic rings. The quantitative estimate of drug-likeness (QED) is 0.753. The standard InChI is InChI=1S/C17H22N4O3/c1-17(2)19-12(8-9-22)13-15(20-17)21(16(23)14(18)24-13)10-11-6-4-3-5-7-11/h3-7,14,19,22H,8-10,18H2,1-2H3. The van der Waals surface area contributed by atoms with Gasteiger partial charge in [0.15, 0.2) is 11.6 Å². The van der Waals surface area contributed by atoms with Gasteiger partial charge in [0.25, 0.3) is 5.91 Å². The van der Waals surface area contributed by atoms with Crippen molar-refractivity contribution in [3.63, 3.8) is 0 Å². The molecule has 1 atom stereocenters. The van der Waals surface area contributed by atoms with Crippen LogP contribution in [0.15, 0.2) is 46.8 Å². The van der Waals surface area contributed by atoms with Crippen LogP contribution in [0.2, 0.25) is 0 Å². The fraction of sp³-hybridized carbons (Fsp3) is 0.412. The van der Waals surface area contributed by atoms with Crippen molar-refractivity contribution in [2.75, 3.05) is 6.61 Å². The Labute approximate surface area is 140 Å². The van der Waals surface area contributed by atoms with Gasteiger partial charge in [-0.15, -0.1) is 0 Å². The molecule has 0 spiro atoms. The number of fused-ring (bicyclic) bond motifs is 1. The average Bonchev–Trinajstić information content (AvgIpc) is 2.54. The average molecular weight is 330 g/mol. The SMILES string of the molecule is CC1(C)N=C2C(=C(CCO)N1)OC(N)C(=O)N2Cc1ccccc1. The predicted molar refractivity (Wildman–Crippen MR) is 89.4 cm³/mol. The second kappa shape index (κ2) is 6.26. The number of hydrogen-bond donors (Lipinski definition) is 3. The van der Waals surface area contributed by atoms with Gasteiger partial charge in [-0.05, 0) is 19.4 Å². The van der Waals surface area contributed by atoms with E-state index in [1.165, 1.54) is 0 Å². The second-order valence-corrected chi connectivity index (χ2v) is 6.35. The number of carbonyl (C=O) groups is 1.